The molecule has 80 valence electrons. The second-order valence-corrected chi connectivity index (χ2v) is 3.60. The molecule has 0 aromatic heterocycles. The number of hydrogen-bond acceptors (Lipinski definition) is 2. The van der Waals surface area contributed by atoms with E-state index in [1.54, 1.807) is 0 Å². The number of ether oxygens (including phenoxy) is 1. The number of rotatable bonds is 8. The minimum Gasteiger partial charge on any atom is -0.376 e. The number of nitrogens with zero attached hydrogens (tertiary/aromatic N) is 1. The predicted molar refractivity (Wildman–Crippen MR) is 58.9 cm³/mol. The molecule has 0 aliphatic heterocycles. The second-order valence-electron chi connectivity index (χ2n) is 3.60. The number of nitriles is 1. The molecule has 2 nitrogen and oxygen atoms in total. The molecule has 0 aliphatic carbocycles. The first-order chi connectivity index (χ1) is 6.74. The van der Waals surface area contributed by atoms with E-state index in [9.17, 15) is 0 Å². The van der Waals surface area contributed by atoms with E-state index in [1.165, 1.54) is 12.8 Å². The summed E-state index contributed by atoms with van der Waals surface area (Å²) >= 11 is 0. The molecule has 14 heavy (non-hydrogen) atoms. The van der Waals surface area contributed by atoms with Crippen LogP contribution in [-0.2, 0) is 4.74 Å². The van der Waals surface area contributed by atoms with Gasteiger partial charge in [0.2, 0.25) is 0 Å². The maximum Gasteiger partial charge on any atom is 0.0694 e. The minimum absolute atomic E-state index is 0.0361. The van der Waals surface area contributed by atoms with Gasteiger partial charge in [-0.15, -0.1) is 0 Å². The Morgan fingerprint density at radius 1 is 1.50 bits per heavy atom. The molecule has 0 bridgehead atoms. The monoisotopic (exact) mass is 195 g/mol. The van der Waals surface area contributed by atoms with Crippen molar-refractivity contribution in [1.29, 1.82) is 5.26 Å². The molecule has 0 rings (SSSR count). The molecular weight excluding hydrogens is 174 g/mol. The zero-order valence-electron chi connectivity index (χ0n) is 9.38. The predicted octanol–water partition coefficient (Wildman–Crippen LogP) is 3.30. The topological polar surface area (TPSA) is 33.0 Å². The highest BCUT2D eigenvalue weighted by atomic mass is 16.5. The van der Waals surface area contributed by atoms with Gasteiger partial charge in [0.15, 0.2) is 0 Å². The average Bonchev–Trinajstić information content (AvgIpc) is 2.21. The molecule has 1 unspecified atom stereocenters. The molecule has 2 heteroatoms. The lowest BCUT2D eigenvalue weighted by Gasteiger charge is -2.08. The Morgan fingerprint density at radius 2 is 2.21 bits per heavy atom. The smallest absolute Gasteiger partial charge is 0.0694 e. The van der Waals surface area contributed by atoms with Crippen molar-refractivity contribution >= 4 is 0 Å². The Bertz CT molecular complexity index is 193. The van der Waals surface area contributed by atoms with Crippen LogP contribution in [0.3, 0.4) is 0 Å². The van der Waals surface area contributed by atoms with Crippen LogP contribution in [0, 0.1) is 17.2 Å². The summed E-state index contributed by atoms with van der Waals surface area (Å²) in [5.41, 5.74) is 1.14. The Hall–Kier alpha value is -0.810. The quantitative estimate of drug-likeness (QED) is 0.557. The maximum absolute atomic E-state index is 8.68. The van der Waals surface area contributed by atoms with Crippen molar-refractivity contribution in [2.75, 3.05) is 13.2 Å². The van der Waals surface area contributed by atoms with Crippen molar-refractivity contribution in [3.63, 3.8) is 0 Å². The van der Waals surface area contributed by atoms with Gasteiger partial charge in [-0.2, -0.15) is 5.26 Å². The summed E-state index contributed by atoms with van der Waals surface area (Å²) in [7, 11) is 0. The van der Waals surface area contributed by atoms with Crippen LogP contribution in [0.5, 0.6) is 0 Å². The van der Waals surface area contributed by atoms with Crippen molar-refractivity contribution in [3.8, 4) is 6.07 Å². The number of hydrogen-bond donors (Lipinski definition) is 0. The van der Waals surface area contributed by atoms with E-state index in [4.69, 9.17) is 10.00 Å². The standard InChI is InChI=1S/C12H21NO/c1-4-6-7-11(3)9-14-10-12(5-2)8-13/h12H,3-7,9-10H2,1-2H3. The Labute approximate surface area is 87.6 Å². The molecule has 0 N–H and O–H groups in total. The lowest BCUT2D eigenvalue weighted by Crippen LogP contribution is -2.08. The van der Waals surface area contributed by atoms with Crippen LogP contribution in [0.15, 0.2) is 12.2 Å². The Kier molecular flexibility index (Phi) is 8.27. The zero-order chi connectivity index (χ0) is 10.8. The van der Waals surface area contributed by atoms with Crippen LogP contribution in [0.4, 0.5) is 0 Å². The first-order valence-electron chi connectivity index (χ1n) is 5.38. The largest absolute Gasteiger partial charge is 0.376 e. The summed E-state index contributed by atoms with van der Waals surface area (Å²) < 4.78 is 5.41. The fraction of sp³-hybridized carbons (Fsp3) is 0.750. The molecule has 0 fully saturated rings. The van der Waals surface area contributed by atoms with Gasteiger partial charge in [0, 0.05) is 0 Å². The molecule has 0 radical (unpaired) electrons. The third-order valence-electron chi connectivity index (χ3n) is 2.18. The van der Waals surface area contributed by atoms with E-state index in [2.05, 4.69) is 19.6 Å². The summed E-state index contributed by atoms with van der Waals surface area (Å²) in [6.45, 7) is 9.25. The molecule has 0 saturated heterocycles. The zero-order valence-corrected chi connectivity index (χ0v) is 9.38. The summed E-state index contributed by atoms with van der Waals surface area (Å²) in [6, 6.07) is 2.21. The van der Waals surface area contributed by atoms with Crippen LogP contribution in [0.2, 0.25) is 0 Å². The summed E-state index contributed by atoms with van der Waals surface area (Å²) in [5, 5.41) is 8.68. The van der Waals surface area contributed by atoms with Gasteiger partial charge in [-0.3, -0.25) is 0 Å². The lowest BCUT2D eigenvalue weighted by molar-refractivity contribution is 0.131. The highest BCUT2D eigenvalue weighted by molar-refractivity contribution is 4.94. The van der Waals surface area contributed by atoms with Gasteiger partial charge in [0.05, 0.1) is 25.2 Å². The van der Waals surface area contributed by atoms with Crippen molar-refractivity contribution < 1.29 is 4.74 Å². The van der Waals surface area contributed by atoms with Crippen molar-refractivity contribution in [2.24, 2.45) is 5.92 Å². The van der Waals surface area contributed by atoms with Crippen molar-refractivity contribution in [3.05, 3.63) is 12.2 Å². The van der Waals surface area contributed by atoms with Crippen LogP contribution in [0.25, 0.3) is 0 Å². The highest BCUT2D eigenvalue weighted by Gasteiger charge is 2.04. The molecular formula is C12H21NO. The van der Waals surface area contributed by atoms with Crippen molar-refractivity contribution in [2.45, 2.75) is 39.5 Å². The fourth-order valence-electron chi connectivity index (χ4n) is 1.09. The van der Waals surface area contributed by atoms with Crippen LogP contribution in [0.1, 0.15) is 39.5 Å². The maximum atomic E-state index is 8.68. The second kappa shape index (κ2) is 8.77. The molecule has 1 atom stereocenters. The summed E-state index contributed by atoms with van der Waals surface area (Å²) in [6.07, 6.45) is 4.27. The van der Waals surface area contributed by atoms with E-state index in [0.29, 0.717) is 13.2 Å². The van der Waals surface area contributed by atoms with Gasteiger partial charge in [-0.25, -0.2) is 0 Å². The number of unbranched alkanes of at least 4 members (excludes halogenated alkanes) is 1. The third-order valence-corrected chi connectivity index (χ3v) is 2.18. The van der Waals surface area contributed by atoms with Gasteiger partial charge in [-0.05, 0) is 19.3 Å². The van der Waals surface area contributed by atoms with E-state index < -0.39 is 0 Å². The van der Waals surface area contributed by atoms with Gasteiger partial charge in [0.25, 0.3) is 0 Å². The normalized spacial score (nSPS) is 12.1. The highest BCUT2D eigenvalue weighted by Crippen LogP contribution is 2.07. The van der Waals surface area contributed by atoms with Crippen LogP contribution >= 0.6 is 0 Å². The Morgan fingerprint density at radius 3 is 2.71 bits per heavy atom. The lowest BCUT2D eigenvalue weighted by atomic mass is 10.1. The molecule has 0 aliphatic rings. The fourth-order valence-corrected chi connectivity index (χ4v) is 1.09. The van der Waals surface area contributed by atoms with Crippen LogP contribution in [-0.4, -0.2) is 13.2 Å². The summed E-state index contributed by atoms with van der Waals surface area (Å²) in [5.74, 6) is 0.0361. The Balaban J connectivity index is 3.44. The minimum atomic E-state index is 0.0361. The first kappa shape index (κ1) is 13.2. The van der Waals surface area contributed by atoms with E-state index >= 15 is 0 Å². The summed E-state index contributed by atoms with van der Waals surface area (Å²) in [4.78, 5) is 0. The van der Waals surface area contributed by atoms with Gasteiger partial charge in [0.1, 0.15) is 0 Å². The van der Waals surface area contributed by atoms with E-state index in [1.807, 2.05) is 6.92 Å². The van der Waals surface area contributed by atoms with Gasteiger partial charge >= 0.3 is 0 Å². The van der Waals surface area contributed by atoms with Crippen molar-refractivity contribution in [1.82, 2.24) is 0 Å². The molecule has 0 amide bonds. The molecule has 0 heterocycles. The molecule has 0 saturated carbocycles. The van der Waals surface area contributed by atoms with Gasteiger partial charge < -0.3 is 4.74 Å². The first-order valence-corrected chi connectivity index (χ1v) is 5.38. The van der Waals surface area contributed by atoms with Crippen LogP contribution < -0.4 is 0 Å². The third kappa shape index (κ3) is 6.68. The molecule has 0 aromatic rings. The molecule has 0 aromatic carbocycles. The van der Waals surface area contributed by atoms with Gasteiger partial charge in [-0.1, -0.05) is 32.4 Å². The molecule has 0 spiro atoms. The average molecular weight is 195 g/mol. The SMILES string of the molecule is C=C(CCCC)COCC(C#N)CC. The van der Waals surface area contributed by atoms with E-state index in [-0.39, 0.29) is 5.92 Å². The van der Waals surface area contributed by atoms with E-state index in [0.717, 1.165) is 18.4 Å².